The van der Waals surface area contributed by atoms with Crippen LogP contribution in [0.25, 0.3) is 32.3 Å². The number of rotatable bonds is 6. The van der Waals surface area contributed by atoms with E-state index in [9.17, 15) is 0 Å². The van der Waals surface area contributed by atoms with Gasteiger partial charge in [0.15, 0.2) is 0 Å². The Morgan fingerprint density at radius 3 is 1.67 bits per heavy atom. The Morgan fingerprint density at radius 1 is 0.500 bits per heavy atom. The molecule has 5 aromatic carbocycles. The van der Waals surface area contributed by atoms with Gasteiger partial charge in [-0.3, -0.25) is 0 Å². The van der Waals surface area contributed by atoms with Gasteiger partial charge in [0.1, 0.15) is 0 Å². The molecule has 2 nitrogen and oxygen atoms in total. The molecule has 0 fully saturated rings. The third-order valence-electron chi connectivity index (χ3n) is 8.91. The van der Waals surface area contributed by atoms with Crippen LogP contribution in [0.15, 0.2) is 151 Å². The molecule has 2 heteroatoms. The highest BCUT2D eigenvalue weighted by Crippen LogP contribution is 2.46. The van der Waals surface area contributed by atoms with Gasteiger partial charge in [0.25, 0.3) is 0 Å². The summed E-state index contributed by atoms with van der Waals surface area (Å²) in [6.07, 6.45) is 27.0. The van der Waals surface area contributed by atoms with Crippen LogP contribution in [-0.2, 0) is 0 Å². The molecule has 0 atom stereocenters. The number of hydrogen-bond acceptors (Lipinski definition) is 2. The van der Waals surface area contributed by atoms with Crippen LogP contribution < -0.4 is 9.80 Å². The summed E-state index contributed by atoms with van der Waals surface area (Å²) in [5.41, 5.74) is 7.68. The van der Waals surface area contributed by atoms with Crippen molar-refractivity contribution in [2.45, 2.75) is 38.5 Å². The smallest absolute Gasteiger partial charge is 0.0537 e. The Kier molecular flexibility index (Phi) is 6.26. The molecule has 0 heterocycles. The maximum absolute atomic E-state index is 2.52. The zero-order chi connectivity index (χ0) is 27.9. The first-order valence-electron chi connectivity index (χ1n) is 15.3. The molecule has 0 saturated carbocycles. The molecule has 204 valence electrons. The molecular formula is C40H34N2. The van der Waals surface area contributed by atoms with Gasteiger partial charge >= 0.3 is 0 Å². The minimum Gasteiger partial charge on any atom is -0.314 e. The van der Waals surface area contributed by atoms with Crippen molar-refractivity contribution in [2.75, 3.05) is 9.80 Å². The van der Waals surface area contributed by atoms with E-state index in [2.05, 4.69) is 143 Å². The van der Waals surface area contributed by atoms with Crippen LogP contribution in [-0.4, -0.2) is 0 Å². The van der Waals surface area contributed by atoms with Gasteiger partial charge in [-0.05, 0) is 103 Å². The molecule has 0 N–H and O–H groups in total. The van der Waals surface area contributed by atoms with Crippen molar-refractivity contribution in [3.8, 4) is 0 Å². The van der Waals surface area contributed by atoms with Gasteiger partial charge in [-0.2, -0.15) is 0 Å². The van der Waals surface area contributed by atoms with E-state index in [0.717, 1.165) is 38.5 Å². The minimum atomic E-state index is 1.03. The zero-order valence-electron chi connectivity index (χ0n) is 23.8. The van der Waals surface area contributed by atoms with Gasteiger partial charge in [0, 0.05) is 33.6 Å². The van der Waals surface area contributed by atoms with E-state index in [1.807, 2.05) is 0 Å². The Morgan fingerprint density at radius 2 is 1.10 bits per heavy atom. The van der Waals surface area contributed by atoms with Gasteiger partial charge < -0.3 is 9.80 Å². The SMILES string of the molecule is C1=CCCC(N(C2=CCCC=C2)c2ccc3ccc4c(N(C5=CC=CCC5)c5ccccc5)ccc5ccc2c3c54)=C1. The summed E-state index contributed by atoms with van der Waals surface area (Å²) in [6, 6.07) is 29.5. The van der Waals surface area contributed by atoms with E-state index in [4.69, 9.17) is 0 Å². The molecule has 3 aliphatic carbocycles. The summed E-state index contributed by atoms with van der Waals surface area (Å²) in [5, 5.41) is 7.89. The van der Waals surface area contributed by atoms with Crippen molar-refractivity contribution in [2.24, 2.45) is 0 Å². The summed E-state index contributed by atoms with van der Waals surface area (Å²) in [6.45, 7) is 0. The van der Waals surface area contributed by atoms with Crippen LogP contribution in [0.5, 0.6) is 0 Å². The van der Waals surface area contributed by atoms with E-state index < -0.39 is 0 Å². The number of nitrogens with zero attached hydrogens (tertiary/aromatic N) is 2. The first-order valence-corrected chi connectivity index (χ1v) is 15.3. The van der Waals surface area contributed by atoms with Crippen molar-refractivity contribution in [1.29, 1.82) is 0 Å². The maximum Gasteiger partial charge on any atom is 0.0537 e. The highest BCUT2D eigenvalue weighted by Gasteiger charge is 2.23. The van der Waals surface area contributed by atoms with Gasteiger partial charge in [-0.1, -0.05) is 91.1 Å². The monoisotopic (exact) mass is 542 g/mol. The summed E-state index contributed by atoms with van der Waals surface area (Å²) in [4.78, 5) is 4.99. The third kappa shape index (κ3) is 4.18. The Labute approximate surface area is 247 Å². The summed E-state index contributed by atoms with van der Waals surface area (Å²) >= 11 is 0. The lowest BCUT2D eigenvalue weighted by Crippen LogP contribution is -2.22. The quantitative estimate of drug-likeness (QED) is 0.197. The van der Waals surface area contributed by atoms with Gasteiger partial charge in [-0.15, -0.1) is 0 Å². The largest absolute Gasteiger partial charge is 0.314 e. The fourth-order valence-electron chi connectivity index (χ4n) is 6.97. The molecular weight excluding hydrogens is 508 g/mol. The number of hydrogen-bond donors (Lipinski definition) is 0. The van der Waals surface area contributed by atoms with Crippen molar-refractivity contribution in [3.63, 3.8) is 0 Å². The van der Waals surface area contributed by atoms with E-state index in [1.165, 1.54) is 66.5 Å². The standard InChI is InChI=1S/C40H34N2/c1-5-13-31(14-6-1)41(32-15-7-2-8-16-32)37-27-23-29-22-26-36-38(28-24-30-21-25-35(37)39(29)40(30)36)42(33-17-9-3-10-18-33)34-19-11-4-12-20-34/h1-3,5-7,9,11,13-15,17,19-28H,4,8,10,12,16,18H2. The molecule has 0 radical (unpaired) electrons. The lowest BCUT2D eigenvalue weighted by Gasteiger charge is -2.32. The van der Waals surface area contributed by atoms with Crippen molar-refractivity contribution in [1.82, 2.24) is 0 Å². The van der Waals surface area contributed by atoms with Gasteiger partial charge in [0.2, 0.25) is 0 Å². The Balaban J connectivity index is 1.39. The molecule has 0 aromatic heterocycles. The zero-order valence-corrected chi connectivity index (χ0v) is 23.8. The number of benzene rings is 5. The van der Waals surface area contributed by atoms with E-state index in [-0.39, 0.29) is 0 Å². The van der Waals surface area contributed by atoms with Crippen molar-refractivity contribution >= 4 is 49.4 Å². The molecule has 5 aromatic rings. The first-order chi connectivity index (χ1) is 20.9. The fraction of sp³-hybridized carbons (Fsp3) is 0.150. The molecule has 0 saturated heterocycles. The number of para-hydroxylation sites is 1. The normalized spacial score (nSPS) is 16.6. The Hall–Kier alpha value is -4.82. The highest BCUT2D eigenvalue weighted by atomic mass is 15.2. The second kappa shape index (κ2) is 10.5. The van der Waals surface area contributed by atoms with Crippen LogP contribution in [0, 0.1) is 0 Å². The summed E-state index contributed by atoms with van der Waals surface area (Å²) in [5.74, 6) is 0. The van der Waals surface area contributed by atoms with Crippen LogP contribution in [0.2, 0.25) is 0 Å². The molecule has 0 spiro atoms. The number of allylic oxidation sites excluding steroid dienone is 11. The predicted molar refractivity (Wildman–Crippen MR) is 181 cm³/mol. The molecule has 0 amide bonds. The second-order valence-electron chi connectivity index (χ2n) is 11.5. The van der Waals surface area contributed by atoms with E-state index in [1.54, 1.807) is 0 Å². The minimum absolute atomic E-state index is 1.03. The first kappa shape index (κ1) is 24.9. The number of anilines is 3. The second-order valence-corrected chi connectivity index (χ2v) is 11.5. The Bertz CT molecular complexity index is 1980. The van der Waals surface area contributed by atoms with Crippen LogP contribution in [0.1, 0.15) is 38.5 Å². The summed E-state index contributed by atoms with van der Waals surface area (Å²) in [7, 11) is 0. The molecule has 0 bridgehead atoms. The molecule has 42 heavy (non-hydrogen) atoms. The molecule has 0 unspecified atom stereocenters. The van der Waals surface area contributed by atoms with Crippen molar-refractivity contribution < 1.29 is 0 Å². The van der Waals surface area contributed by atoms with Gasteiger partial charge in [-0.25, -0.2) is 0 Å². The molecule has 3 aliphatic rings. The van der Waals surface area contributed by atoms with Crippen LogP contribution in [0.4, 0.5) is 17.1 Å². The maximum atomic E-state index is 2.52. The van der Waals surface area contributed by atoms with E-state index >= 15 is 0 Å². The molecule has 8 rings (SSSR count). The topological polar surface area (TPSA) is 6.48 Å². The van der Waals surface area contributed by atoms with Crippen LogP contribution >= 0.6 is 0 Å². The summed E-state index contributed by atoms with van der Waals surface area (Å²) < 4.78 is 0. The van der Waals surface area contributed by atoms with Crippen molar-refractivity contribution in [3.05, 3.63) is 151 Å². The van der Waals surface area contributed by atoms with Crippen LogP contribution in [0.3, 0.4) is 0 Å². The fourth-order valence-corrected chi connectivity index (χ4v) is 6.97. The third-order valence-corrected chi connectivity index (χ3v) is 8.91. The lowest BCUT2D eigenvalue weighted by atomic mass is 9.91. The average molecular weight is 543 g/mol. The van der Waals surface area contributed by atoms with E-state index in [0.29, 0.717) is 0 Å². The predicted octanol–water partition coefficient (Wildman–Crippen LogP) is 11.2. The highest BCUT2D eigenvalue weighted by molar-refractivity contribution is 6.27. The lowest BCUT2D eigenvalue weighted by molar-refractivity contribution is 0.889. The average Bonchev–Trinajstić information content (AvgIpc) is 3.07. The van der Waals surface area contributed by atoms with Gasteiger partial charge in [0.05, 0.1) is 11.4 Å². The molecule has 0 aliphatic heterocycles.